The largest absolute Gasteiger partial charge is 0.355 e. The number of carbonyl (C=O) groups is 1. The molecule has 2 unspecified atom stereocenters. The first-order valence-electron chi connectivity index (χ1n) is 6.78. The molecule has 2 aliphatic rings. The molecule has 17 heavy (non-hydrogen) atoms. The minimum atomic E-state index is -0.180. The van der Waals surface area contributed by atoms with Gasteiger partial charge in [-0.2, -0.15) is 0 Å². The van der Waals surface area contributed by atoms with Crippen LogP contribution in [0.5, 0.6) is 0 Å². The fraction of sp³-hybridized carbons (Fsp3) is 0.923. The number of carbonyl (C=O) groups excluding carboxylic acids is 1. The minimum absolute atomic E-state index is 0.180. The van der Waals surface area contributed by atoms with Crippen molar-refractivity contribution in [3.63, 3.8) is 0 Å². The topological polar surface area (TPSA) is 44.4 Å². The molecule has 2 fully saturated rings. The van der Waals surface area contributed by atoms with E-state index in [1.54, 1.807) is 0 Å². The summed E-state index contributed by atoms with van der Waals surface area (Å²) in [6.07, 6.45) is 3.47. The molecule has 2 rings (SSSR count). The maximum absolute atomic E-state index is 12.1. The fourth-order valence-corrected chi connectivity index (χ4v) is 2.90. The van der Waals surface area contributed by atoms with Crippen molar-refractivity contribution in [1.29, 1.82) is 0 Å². The Morgan fingerprint density at radius 1 is 1.59 bits per heavy atom. The van der Waals surface area contributed by atoms with Crippen LogP contribution in [0.15, 0.2) is 0 Å². The third-order valence-electron chi connectivity index (χ3n) is 4.19. The summed E-state index contributed by atoms with van der Waals surface area (Å²) in [5.74, 6) is 0.867. The van der Waals surface area contributed by atoms with E-state index in [9.17, 15) is 4.79 Å². The number of nitrogens with one attached hydrogen (secondary N) is 2. The lowest BCUT2D eigenvalue weighted by Crippen LogP contribution is -2.44. The molecule has 4 heteroatoms. The van der Waals surface area contributed by atoms with Gasteiger partial charge in [0.15, 0.2) is 0 Å². The average molecular weight is 239 g/mol. The molecule has 98 valence electrons. The minimum Gasteiger partial charge on any atom is -0.355 e. The van der Waals surface area contributed by atoms with Gasteiger partial charge in [0.1, 0.15) is 0 Å². The summed E-state index contributed by atoms with van der Waals surface area (Å²) >= 11 is 0. The summed E-state index contributed by atoms with van der Waals surface area (Å²) in [6, 6.07) is 0. The molecular formula is C13H25N3O. The van der Waals surface area contributed by atoms with Gasteiger partial charge in [-0.05, 0) is 52.2 Å². The molecule has 0 bridgehead atoms. The fourth-order valence-electron chi connectivity index (χ4n) is 2.90. The van der Waals surface area contributed by atoms with Crippen LogP contribution in [-0.2, 0) is 4.79 Å². The van der Waals surface area contributed by atoms with E-state index < -0.39 is 0 Å². The number of piperidine rings is 1. The Kier molecular flexibility index (Phi) is 4.05. The molecule has 0 radical (unpaired) electrons. The van der Waals surface area contributed by atoms with Gasteiger partial charge in [-0.25, -0.2) is 0 Å². The van der Waals surface area contributed by atoms with E-state index in [4.69, 9.17) is 0 Å². The van der Waals surface area contributed by atoms with Crippen LogP contribution in [0.2, 0.25) is 0 Å². The van der Waals surface area contributed by atoms with Crippen molar-refractivity contribution in [1.82, 2.24) is 15.5 Å². The first-order valence-corrected chi connectivity index (χ1v) is 6.78. The van der Waals surface area contributed by atoms with E-state index in [2.05, 4.69) is 29.5 Å². The van der Waals surface area contributed by atoms with Crippen molar-refractivity contribution < 1.29 is 4.79 Å². The van der Waals surface area contributed by atoms with Crippen molar-refractivity contribution in [2.45, 2.75) is 26.2 Å². The molecule has 0 aromatic heterocycles. The normalized spacial score (nSPS) is 34.8. The van der Waals surface area contributed by atoms with Gasteiger partial charge in [0, 0.05) is 19.6 Å². The molecule has 0 spiro atoms. The molecule has 2 atom stereocenters. The SMILES string of the molecule is CN1CCCC(CNC(=O)C2(C)CCNC2)C1. The Morgan fingerprint density at radius 2 is 2.41 bits per heavy atom. The predicted molar refractivity (Wildman–Crippen MR) is 68.8 cm³/mol. The highest BCUT2D eigenvalue weighted by molar-refractivity contribution is 5.82. The molecule has 1 amide bonds. The second kappa shape index (κ2) is 5.36. The first-order chi connectivity index (χ1) is 8.10. The summed E-state index contributed by atoms with van der Waals surface area (Å²) < 4.78 is 0. The average Bonchev–Trinajstić information content (AvgIpc) is 2.74. The zero-order valence-electron chi connectivity index (χ0n) is 11.1. The summed E-state index contributed by atoms with van der Waals surface area (Å²) in [5.41, 5.74) is -0.180. The summed E-state index contributed by atoms with van der Waals surface area (Å²) in [4.78, 5) is 14.5. The molecule has 2 aliphatic heterocycles. The zero-order valence-corrected chi connectivity index (χ0v) is 11.1. The van der Waals surface area contributed by atoms with Crippen LogP contribution in [0.4, 0.5) is 0 Å². The van der Waals surface area contributed by atoms with Gasteiger partial charge in [-0.15, -0.1) is 0 Å². The maximum atomic E-state index is 12.1. The Labute approximate surface area is 104 Å². The van der Waals surface area contributed by atoms with Crippen LogP contribution in [0.3, 0.4) is 0 Å². The zero-order chi connectivity index (χ0) is 12.3. The number of hydrogen-bond acceptors (Lipinski definition) is 3. The predicted octanol–water partition coefficient (Wildman–Crippen LogP) is 0.444. The van der Waals surface area contributed by atoms with E-state index in [1.807, 2.05) is 0 Å². The molecule has 2 N–H and O–H groups in total. The monoisotopic (exact) mass is 239 g/mol. The van der Waals surface area contributed by atoms with Crippen molar-refractivity contribution in [2.24, 2.45) is 11.3 Å². The van der Waals surface area contributed by atoms with Gasteiger partial charge in [0.05, 0.1) is 5.41 Å². The van der Waals surface area contributed by atoms with Gasteiger partial charge < -0.3 is 15.5 Å². The van der Waals surface area contributed by atoms with Crippen LogP contribution >= 0.6 is 0 Å². The first kappa shape index (κ1) is 12.8. The van der Waals surface area contributed by atoms with Gasteiger partial charge >= 0.3 is 0 Å². The number of amides is 1. The number of likely N-dealkylation sites (tertiary alicyclic amines) is 1. The lowest BCUT2D eigenvalue weighted by molar-refractivity contribution is -0.129. The third-order valence-corrected chi connectivity index (χ3v) is 4.19. The van der Waals surface area contributed by atoms with Crippen LogP contribution < -0.4 is 10.6 Å². The second-order valence-corrected chi connectivity index (χ2v) is 5.97. The number of hydrogen-bond donors (Lipinski definition) is 2. The lowest BCUT2D eigenvalue weighted by atomic mass is 9.88. The highest BCUT2D eigenvalue weighted by Crippen LogP contribution is 2.24. The smallest absolute Gasteiger partial charge is 0.227 e. The second-order valence-electron chi connectivity index (χ2n) is 5.97. The van der Waals surface area contributed by atoms with Crippen molar-refractivity contribution in [3.05, 3.63) is 0 Å². The molecule has 0 aromatic carbocycles. The van der Waals surface area contributed by atoms with Gasteiger partial charge in [-0.1, -0.05) is 0 Å². The number of nitrogens with zero attached hydrogens (tertiary/aromatic N) is 1. The van der Waals surface area contributed by atoms with Crippen molar-refractivity contribution >= 4 is 5.91 Å². The van der Waals surface area contributed by atoms with E-state index >= 15 is 0 Å². The Bertz CT molecular complexity index is 274. The maximum Gasteiger partial charge on any atom is 0.227 e. The molecular weight excluding hydrogens is 214 g/mol. The van der Waals surface area contributed by atoms with Crippen LogP contribution in [-0.4, -0.2) is 50.6 Å². The Morgan fingerprint density at radius 3 is 3.06 bits per heavy atom. The molecule has 2 heterocycles. The van der Waals surface area contributed by atoms with Crippen LogP contribution in [0, 0.1) is 11.3 Å². The summed E-state index contributed by atoms with van der Waals surface area (Å²) in [7, 11) is 2.16. The molecule has 0 aromatic rings. The number of rotatable bonds is 3. The quantitative estimate of drug-likeness (QED) is 0.751. The summed E-state index contributed by atoms with van der Waals surface area (Å²) in [5, 5.41) is 6.42. The van der Waals surface area contributed by atoms with Gasteiger partial charge in [0.2, 0.25) is 5.91 Å². The highest BCUT2D eigenvalue weighted by Gasteiger charge is 2.36. The molecule has 0 saturated carbocycles. The Balaban J connectivity index is 1.75. The van der Waals surface area contributed by atoms with Crippen LogP contribution in [0.1, 0.15) is 26.2 Å². The highest BCUT2D eigenvalue weighted by atomic mass is 16.2. The summed E-state index contributed by atoms with van der Waals surface area (Å²) in [6.45, 7) is 7.02. The lowest BCUT2D eigenvalue weighted by Gasteiger charge is -2.31. The van der Waals surface area contributed by atoms with E-state index in [-0.39, 0.29) is 11.3 Å². The molecule has 2 saturated heterocycles. The molecule has 4 nitrogen and oxygen atoms in total. The Hall–Kier alpha value is -0.610. The van der Waals surface area contributed by atoms with E-state index in [0.29, 0.717) is 5.92 Å². The van der Waals surface area contributed by atoms with Gasteiger partial charge in [0.25, 0.3) is 0 Å². The molecule has 0 aliphatic carbocycles. The third kappa shape index (κ3) is 3.19. The van der Waals surface area contributed by atoms with E-state index in [1.165, 1.54) is 19.4 Å². The van der Waals surface area contributed by atoms with E-state index in [0.717, 1.165) is 32.6 Å². The standard InChI is InChI=1S/C13H25N3O/c1-13(5-6-14-10-13)12(17)15-8-11-4-3-7-16(2)9-11/h11,14H,3-10H2,1-2H3,(H,15,17). The van der Waals surface area contributed by atoms with Gasteiger partial charge in [-0.3, -0.25) is 4.79 Å². The van der Waals surface area contributed by atoms with Crippen molar-refractivity contribution in [2.75, 3.05) is 39.8 Å². The van der Waals surface area contributed by atoms with Crippen molar-refractivity contribution in [3.8, 4) is 0 Å². The van der Waals surface area contributed by atoms with Crippen LogP contribution in [0.25, 0.3) is 0 Å².